The third-order valence-corrected chi connectivity index (χ3v) is 3.28. The molecule has 1 heterocycles. The van der Waals surface area contributed by atoms with E-state index >= 15 is 0 Å². The molecule has 1 aromatic rings. The summed E-state index contributed by atoms with van der Waals surface area (Å²) in [6.07, 6.45) is 2.42. The largest absolute Gasteiger partial charge is 0.371 e. The minimum atomic E-state index is 0.0711. The van der Waals surface area contributed by atoms with Gasteiger partial charge in [-0.25, -0.2) is 0 Å². The van der Waals surface area contributed by atoms with Gasteiger partial charge in [0.05, 0.1) is 0 Å². The molecule has 0 radical (unpaired) electrons. The van der Waals surface area contributed by atoms with Gasteiger partial charge in [-0.15, -0.1) is 0 Å². The summed E-state index contributed by atoms with van der Waals surface area (Å²) in [5.74, 6) is 0.648. The molecular weight excluding hydrogens is 212 g/mol. The quantitative estimate of drug-likeness (QED) is 0.865. The van der Waals surface area contributed by atoms with Crippen LogP contribution in [0, 0.1) is 5.92 Å². The average molecular weight is 232 g/mol. The highest BCUT2D eigenvalue weighted by atomic mass is 16.1. The molecule has 92 valence electrons. The maximum absolute atomic E-state index is 10.9. The summed E-state index contributed by atoms with van der Waals surface area (Å²) in [6, 6.07) is 10.5. The third-order valence-electron chi connectivity index (χ3n) is 3.28. The van der Waals surface area contributed by atoms with Crippen molar-refractivity contribution in [2.75, 3.05) is 24.5 Å². The summed E-state index contributed by atoms with van der Waals surface area (Å²) in [7, 11) is 0. The second-order valence-electron chi connectivity index (χ2n) is 4.73. The Kier molecular flexibility index (Phi) is 4.02. The maximum atomic E-state index is 10.9. The van der Waals surface area contributed by atoms with Gasteiger partial charge in [-0.1, -0.05) is 18.2 Å². The van der Waals surface area contributed by atoms with Gasteiger partial charge in [0.15, 0.2) is 0 Å². The van der Waals surface area contributed by atoms with Gasteiger partial charge in [-0.2, -0.15) is 0 Å². The number of amides is 1. The van der Waals surface area contributed by atoms with Crippen molar-refractivity contribution in [2.45, 2.75) is 19.8 Å². The van der Waals surface area contributed by atoms with Crippen molar-refractivity contribution < 1.29 is 4.79 Å². The molecule has 17 heavy (non-hydrogen) atoms. The summed E-state index contributed by atoms with van der Waals surface area (Å²) < 4.78 is 0. The van der Waals surface area contributed by atoms with Gasteiger partial charge in [0, 0.05) is 32.2 Å². The van der Waals surface area contributed by atoms with Gasteiger partial charge in [0.25, 0.3) is 0 Å². The first kappa shape index (κ1) is 12.0. The summed E-state index contributed by atoms with van der Waals surface area (Å²) in [5.41, 5.74) is 1.29. The highest BCUT2D eigenvalue weighted by Gasteiger charge is 2.19. The van der Waals surface area contributed by atoms with Crippen LogP contribution in [0.4, 0.5) is 5.69 Å². The number of nitrogens with one attached hydrogen (secondary N) is 1. The van der Waals surface area contributed by atoms with E-state index < -0.39 is 0 Å². The zero-order chi connectivity index (χ0) is 12.1. The van der Waals surface area contributed by atoms with Crippen LogP contribution in [-0.2, 0) is 4.79 Å². The highest BCUT2D eigenvalue weighted by Crippen LogP contribution is 2.22. The number of para-hydroxylation sites is 1. The van der Waals surface area contributed by atoms with Crippen LogP contribution in [0.3, 0.4) is 0 Å². The summed E-state index contributed by atoms with van der Waals surface area (Å²) in [5, 5.41) is 2.92. The van der Waals surface area contributed by atoms with Crippen LogP contribution in [0.25, 0.3) is 0 Å². The SMILES string of the molecule is CC(=O)NCC1CCCN(c2ccccc2)C1. The molecule has 1 atom stereocenters. The minimum Gasteiger partial charge on any atom is -0.371 e. The van der Waals surface area contributed by atoms with Crippen molar-refractivity contribution in [1.29, 1.82) is 0 Å². The zero-order valence-corrected chi connectivity index (χ0v) is 10.4. The normalized spacial score (nSPS) is 20.1. The van der Waals surface area contributed by atoms with Gasteiger partial charge in [0.2, 0.25) is 5.91 Å². The lowest BCUT2D eigenvalue weighted by Crippen LogP contribution is -2.40. The van der Waals surface area contributed by atoms with E-state index in [0.29, 0.717) is 5.92 Å². The van der Waals surface area contributed by atoms with E-state index in [-0.39, 0.29) is 5.91 Å². The predicted molar refractivity (Wildman–Crippen MR) is 70.1 cm³/mol. The first-order chi connectivity index (χ1) is 8.25. The maximum Gasteiger partial charge on any atom is 0.216 e. The fraction of sp³-hybridized carbons (Fsp3) is 0.500. The Labute approximate surface area is 103 Å². The molecular formula is C14H20N2O. The monoisotopic (exact) mass is 232 g/mol. The smallest absolute Gasteiger partial charge is 0.216 e. The number of carbonyl (C=O) groups excluding carboxylic acids is 1. The molecule has 0 spiro atoms. The van der Waals surface area contributed by atoms with E-state index in [9.17, 15) is 4.79 Å². The van der Waals surface area contributed by atoms with Gasteiger partial charge in [0.1, 0.15) is 0 Å². The number of rotatable bonds is 3. The van der Waals surface area contributed by atoms with Gasteiger partial charge >= 0.3 is 0 Å². The molecule has 1 N–H and O–H groups in total. The molecule has 1 fully saturated rings. The van der Waals surface area contributed by atoms with Crippen LogP contribution in [0.1, 0.15) is 19.8 Å². The topological polar surface area (TPSA) is 32.3 Å². The lowest BCUT2D eigenvalue weighted by molar-refractivity contribution is -0.119. The van der Waals surface area contributed by atoms with Crippen LogP contribution in [-0.4, -0.2) is 25.5 Å². The molecule has 0 aliphatic carbocycles. The first-order valence-electron chi connectivity index (χ1n) is 6.30. The standard InChI is InChI=1S/C14H20N2O/c1-12(17)15-10-13-6-5-9-16(11-13)14-7-3-2-4-8-14/h2-4,7-8,13H,5-6,9-11H2,1H3,(H,15,17). The molecule has 1 aromatic carbocycles. The molecule has 0 bridgehead atoms. The van der Waals surface area contributed by atoms with Crippen LogP contribution in [0.5, 0.6) is 0 Å². The Morgan fingerprint density at radius 2 is 2.18 bits per heavy atom. The second-order valence-corrected chi connectivity index (χ2v) is 4.73. The third kappa shape index (κ3) is 3.48. The number of hydrogen-bond acceptors (Lipinski definition) is 2. The van der Waals surface area contributed by atoms with Crippen molar-refractivity contribution >= 4 is 11.6 Å². The van der Waals surface area contributed by atoms with Crippen molar-refractivity contribution in [2.24, 2.45) is 5.92 Å². The number of piperidine rings is 1. The molecule has 1 unspecified atom stereocenters. The molecule has 3 heteroatoms. The van der Waals surface area contributed by atoms with Crippen LogP contribution in [0.15, 0.2) is 30.3 Å². The Hall–Kier alpha value is -1.51. The lowest BCUT2D eigenvalue weighted by Gasteiger charge is -2.34. The Bertz CT molecular complexity index is 364. The van der Waals surface area contributed by atoms with Crippen molar-refractivity contribution in [3.05, 3.63) is 30.3 Å². The minimum absolute atomic E-state index is 0.0711. The van der Waals surface area contributed by atoms with Crippen LogP contribution < -0.4 is 10.2 Å². The molecule has 1 aliphatic rings. The Morgan fingerprint density at radius 1 is 1.41 bits per heavy atom. The average Bonchev–Trinajstić information content (AvgIpc) is 2.38. The molecule has 3 nitrogen and oxygen atoms in total. The number of nitrogens with zero attached hydrogens (tertiary/aromatic N) is 1. The van der Waals surface area contributed by atoms with Crippen molar-refractivity contribution in [1.82, 2.24) is 5.32 Å². The lowest BCUT2D eigenvalue weighted by atomic mass is 9.97. The van der Waals surface area contributed by atoms with Gasteiger partial charge < -0.3 is 10.2 Å². The molecule has 1 saturated heterocycles. The molecule has 1 aliphatic heterocycles. The fourth-order valence-corrected chi connectivity index (χ4v) is 2.39. The van der Waals surface area contributed by atoms with Crippen LogP contribution >= 0.6 is 0 Å². The number of hydrogen-bond donors (Lipinski definition) is 1. The Morgan fingerprint density at radius 3 is 2.88 bits per heavy atom. The number of anilines is 1. The number of benzene rings is 1. The summed E-state index contributed by atoms with van der Waals surface area (Å²) in [6.45, 7) is 4.56. The highest BCUT2D eigenvalue weighted by molar-refractivity contribution is 5.72. The molecule has 0 aromatic heterocycles. The summed E-state index contributed by atoms with van der Waals surface area (Å²) in [4.78, 5) is 13.3. The van der Waals surface area contributed by atoms with Crippen LogP contribution in [0.2, 0.25) is 0 Å². The molecule has 1 amide bonds. The van der Waals surface area contributed by atoms with Gasteiger partial charge in [-0.3, -0.25) is 4.79 Å². The molecule has 0 saturated carbocycles. The zero-order valence-electron chi connectivity index (χ0n) is 10.4. The molecule has 2 rings (SSSR count). The fourth-order valence-electron chi connectivity index (χ4n) is 2.39. The first-order valence-corrected chi connectivity index (χ1v) is 6.30. The number of carbonyl (C=O) groups is 1. The van der Waals surface area contributed by atoms with Gasteiger partial charge in [-0.05, 0) is 30.9 Å². The van der Waals surface area contributed by atoms with E-state index in [4.69, 9.17) is 0 Å². The van der Waals surface area contributed by atoms with E-state index in [2.05, 4.69) is 34.5 Å². The van der Waals surface area contributed by atoms with Crippen molar-refractivity contribution in [3.63, 3.8) is 0 Å². The van der Waals surface area contributed by atoms with E-state index in [0.717, 1.165) is 19.6 Å². The van der Waals surface area contributed by atoms with E-state index in [1.54, 1.807) is 6.92 Å². The Balaban J connectivity index is 1.91. The van der Waals surface area contributed by atoms with E-state index in [1.807, 2.05) is 6.07 Å². The predicted octanol–water partition coefficient (Wildman–Crippen LogP) is 2.04. The second kappa shape index (κ2) is 5.71. The van der Waals surface area contributed by atoms with E-state index in [1.165, 1.54) is 18.5 Å². The summed E-state index contributed by atoms with van der Waals surface area (Å²) >= 11 is 0. The van der Waals surface area contributed by atoms with Crippen molar-refractivity contribution in [3.8, 4) is 0 Å².